The van der Waals surface area contributed by atoms with Gasteiger partial charge in [0.2, 0.25) is 5.95 Å². The second-order valence-electron chi connectivity index (χ2n) is 5.12. The van der Waals surface area contributed by atoms with Crippen LogP contribution in [0.1, 0.15) is 18.2 Å². The van der Waals surface area contributed by atoms with E-state index in [0.717, 1.165) is 37.8 Å². The van der Waals surface area contributed by atoms with E-state index in [9.17, 15) is 0 Å². The molecule has 5 nitrogen and oxygen atoms in total. The fourth-order valence-electron chi connectivity index (χ4n) is 2.42. The molecule has 1 N–H and O–H groups in total. The van der Waals surface area contributed by atoms with Crippen LogP contribution in [-0.2, 0) is 6.54 Å². The van der Waals surface area contributed by atoms with Crippen molar-refractivity contribution in [1.29, 1.82) is 0 Å². The summed E-state index contributed by atoms with van der Waals surface area (Å²) in [5, 5.41) is 3.14. The van der Waals surface area contributed by atoms with Gasteiger partial charge in [-0.2, -0.15) is 0 Å². The van der Waals surface area contributed by atoms with Gasteiger partial charge in [-0.15, -0.1) is 0 Å². The van der Waals surface area contributed by atoms with E-state index in [1.54, 1.807) is 0 Å². The highest BCUT2D eigenvalue weighted by Crippen LogP contribution is 2.17. The van der Waals surface area contributed by atoms with E-state index in [2.05, 4.69) is 46.0 Å². The van der Waals surface area contributed by atoms with E-state index in [4.69, 9.17) is 0 Å². The van der Waals surface area contributed by atoms with Crippen LogP contribution in [0.25, 0.3) is 0 Å². The summed E-state index contributed by atoms with van der Waals surface area (Å²) in [6.45, 7) is 8.26. The molecule has 0 aliphatic carbocycles. The predicted molar refractivity (Wildman–Crippen MR) is 73.8 cm³/mol. The number of hydrogen-bond donors (Lipinski definition) is 1. The summed E-state index contributed by atoms with van der Waals surface area (Å²) in [6, 6.07) is 0.471. The standard InChI is InChI=1S/C13H23N5/c1-10-9-17(4)5-6-18(10)13-15-8-12(7-14-3)11(2)16-13/h8,10,14H,5-7,9H2,1-4H3. The summed E-state index contributed by atoms with van der Waals surface area (Å²) in [4.78, 5) is 13.8. The van der Waals surface area contributed by atoms with Gasteiger partial charge in [0.1, 0.15) is 0 Å². The van der Waals surface area contributed by atoms with Crippen molar-refractivity contribution in [1.82, 2.24) is 20.2 Å². The predicted octanol–water partition coefficient (Wildman–Crippen LogP) is 0.645. The molecule has 0 saturated carbocycles. The Bertz CT molecular complexity index is 406. The van der Waals surface area contributed by atoms with Crippen LogP contribution in [-0.4, -0.2) is 54.6 Å². The molecule has 1 aliphatic rings. The minimum absolute atomic E-state index is 0.471. The minimum atomic E-state index is 0.471. The third-order valence-electron chi connectivity index (χ3n) is 3.52. The van der Waals surface area contributed by atoms with Gasteiger partial charge in [0.15, 0.2) is 0 Å². The summed E-state index contributed by atoms with van der Waals surface area (Å²) < 4.78 is 0. The Labute approximate surface area is 109 Å². The molecule has 100 valence electrons. The average molecular weight is 249 g/mol. The van der Waals surface area contributed by atoms with Crippen molar-refractivity contribution in [3.8, 4) is 0 Å². The molecule has 2 heterocycles. The van der Waals surface area contributed by atoms with Crippen LogP contribution in [0.5, 0.6) is 0 Å². The molecule has 1 atom stereocenters. The Morgan fingerprint density at radius 1 is 1.44 bits per heavy atom. The van der Waals surface area contributed by atoms with Crippen molar-refractivity contribution in [3.63, 3.8) is 0 Å². The summed E-state index contributed by atoms with van der Waals surface area (Å²) >= 11 is 0. The molecular formula is C13H23N5. The lowest BCUT2D eigenvalue weighted by Crippen LogP contribution is -2.51. The quantitative estimate of drug-likeness (QED) is 0.852. The number of piperazine rings is 1. The van der Waals surface area contributed by atoms with Crippen molar-refractivity contribution in [2.45, 2.75) is 26.4 Å². The van der Waals surface area contributed by atoms with Crippen molar-refractivity contribution in [2.75, 3.05) is 38.6 Å². The molecule has 0 radical (unpaired) electrons. The highest BCUT2D eigenvalue weighted by Gasteiger charge is 2.23. The zero-order valence-electron chi connectivity index (χ0n) is 11.8. The lowest BCUT2D eigenvalue weighted by atomic mass is 10.2. The summed E-state index contributed by atoms with van der Waals surface area (Å²) in [5.41, 5.74) is 2.24. The molecule has 2 rings (SSSR count). The first-order valence-electron chi connectivity index (χ1n) is 6.54. The molecule has 1 saturated heterocycles. The first-order valence-corrected chi connectivity index (χ1v) is 6.54. The normalized spacial score (nSPS) is 21.3. The zero-order valence-corrected chi connectivity index (χ0v) is 11.8. The number of nitrogens with one attached hydrogen (secondary N) is 1. The SMILES string of the molecule is CNCc1cnc(N2CCN(C)CC2C)nc1C. The monoisotopic (exact) mass is 249 g/mol. The molecule has 18 heavy (non-hydrogen) atoms. The van der Waals surface area contributed by atoms with Crippen LogP contribution in [0.15, 0.2) is 6.20 Å². The minimum Gasteiger partial charge on any atom is -0.336 e. The number of likely N-dealkylation sites (N-methyl/N-ethyl adjacent to an activating group) is 1. The van der Waals surface area contributed by atoms with E-state index in [0.29, 0.717) is 6.04 Å². The average Bonchev–Trinajstić information content (AvgIpc) is 2.32. The maximum absolute atomic E-state index is 4.65. The van der Waals surface area contributed by atoms with Gasteiger partial charge >= 0.3 is 0 Å². The molecule has 1 aromatic heterocycles. The molecule has 1 fully saturated rings. The van der Waals surface area contributed by atoms with E-state index in [-0.39, 0.29) is 0 Å². The molecular weight excluding hydrogens is 226 g/mol. The van der Waals surface area contributed by atoms with Crippen LogP contribution in [0.3, 0.4) is 0 Å². The largest absolute Gasteiger partial charge is 0.336 e. The number of aryl methyl sites for hydroxylation is 1. The molecule has 0 bridgehead atoms. The fourth-order valence-corrected chi connectivity index (χ4v) is 2.42. The van der Waals surface area contributed by atoms with Crippen molar-refractivity contribution >= 4 is 5.95 Å². The Balaban J connectivity index is 2.16. The van der Waals surface area contributed by atoms with Crippen LogP contribution in [0.2, 0.25) is 0 Å². The van der Waals surface area contributed by atoms with Crippen LogP contribution in [0, 0.1) is 6.92 Å². The second-order valence-corrected chi connectivity index (χ2v) is 5.12. The van der Waals surface area contributed by atoms with Crippen molar-refractivity contribution in [3.05, 3.63) is 17.5 Å². The first kappa shape index (κ1) is 13.2. The molecule has 0 spiro atoms. The molecule has 1 unspecified atom stereocenters. The smallest absolute Gasteiger partial charge is 0.225 e. The van der Waals surface area contributed by atoms with Gasteiger partial charge in [0, 0.05) is 49.7 Å². The number of anilines is 1. The Hall–Kier alpha value is -1.20. The molecule has 1 aliphatic heterocycles. The first-order chi connectivity index (χ1) is 8.61. The summed E-state index contributed by atoms with van der Waals surface area (Å²) in [6.07, 6.45) is 1.94. The number of hydrogen-bond acceptors (Lipinski definition) is 5. The molecule has 0 aromatic carbocycles. The van der Waals surface area contributed by atoms with Gasteiger partial charge in [-0.3, -0.25) is 0 Å². The van der Waals surface area contributed by atoms with Gasteiger partial charge in [-0.25, -0.2) is 9.97 Å². The Kier molecular flexibility index (Phi) is 4.14. The summed E-state index contributed by atoms with van der Waals surface area (Å²) in [7, 11) is 4.10. The second kappa shape index (κ2) is 5.63. The van der Waals surface area contributed by atoms with Crippen molar-refractivity contribution in [2.24, 2.45) is 0 Å². The number of aromatic nitrogens is 2. The number of rotatable bonds is 3. The van der Waals surface area contributed by atoms with Gasteiger partial charge in [-0.1, -0.05) is 0 Å². The maximum atomic E-state index is 4.65. The van der Waals surface area contributed by atoms with Gasteiger partial charge in [0.25, 0.3) is 0 Å². The van der Waals surface area contributed by atoms with Crippen molar-refractivity contribution < 1.29 is 0 Å². The van der Waals surface area contributed by atoms with E-state index in [1.165, 1.54) is 5.56 Å². The molecule has 1 aromatic rings. The van der Waals surface area contributed by atoms with Gasteiger partial charge < -0.3 is 15.1 Å². The lowest BCUT2D eigenvalue weighted by molar-refractivity contribution is 0.273. The highest BCUT2D eigenvalue weighted by molar-refractivity contribution is 5.35. The lowest BCUT2D eigenvalue weighted by Gasteiger charge is -2.38. The number of nitrogens with zero attached hydrogens (tertiary/aromatic N) is 4. The molecule has 5 heteroatoms. The third-order valence-corrected chi connectivity index (χ3v) is 3.52. The van der Waals surface area contributed by atoms with E-state index >= 15 is 0 Å². The van der Waals surface area contributed by atoms with E-state index in [1.807, 2.05) is 13.2 Å². The highest BCUT2D eigenvalue weighted by atomic mass is 15.3. The third kappa shape index (κ3) is 2.79. The Morgan fingerprint density at radius 2 is 2.22 bits per heavy atom. The zero-order chi connectivity index (χ0) is 13.1. The Morgan fingerprint density at radius 3 is 2.83 bits per heavy atom. The topological polar surface area (TPSA) is 44.3 Å². The molecule has 0 amide bonds. The maximum Gasteiger partial charge on any atom is 0.225 e. The van der Waals surface area contributed by atoms with E-state index < -0.39 is 0 Å². The van der Waals surface area contributed by atoms with Crippen LogP contribution >= 0.6 is 0 Å². The van der Waals surface area contributed by atoms with Crippen LogP contribution in [0.4, 0.5) is 5.95 Å². The van der Waals surface area contributed by atoms with Gasteiger partial charge in [-0.05, 0) is 27.9 Å². The summed E-state index contributed by atoms with van der Waals surface area (Å²) in [5.74, 6) is 0.868. The van der Waals surface area contributed by atoms with Crippen LogP contribution < -0.4 is 10.2 Å². The van der Waals surface area contributed by atoms with Gasteiger partial charge in [0.05, 0.1) is 0 Å². The fraction of sp³-hybridized carbons (Fsp3) is 0.692.